The van der Waals surface area contributed by atoms with Crippen LogP contribution in [0.25, 0.3) is 10.2 Å². The fourth-order valence-corrected chi connectivity index (χ4v) is 5.96. The second kappa shape index (κ2) is 16.6. The number of phenols is 1. The van der Waals surface area contributed by atoms with Crippen molar-refractivity contribution in [1.82, 2.24) is 14.8 Å². The highest BCUT2D eigenvalue weighted by Gasteiger charge is 2.23. The fourth-order valence-electron chi connectivity index (χ4n) is 5.06. The summed E-state index contributed by atoms with van der Waals surface area (Å²) in [5.74, 6) is -0.0316. The smallest absolute Gasteiger partial charge is 0.305 e. The predicted molar refractivity (Wildman–Crippen MR) is 161 cm³/mol. The number of carbonyl (C=O) groups is 2. The van der Waals surface area contributed by atoms with Crippen LogP contribution in [0.15, 0.2) is 59.9 Å². The Kier molecular flexibility index (Phi) is 12.9. The number of aromatic amines is 1. The zero-order valence-electron chi connectivity index (χ0n) is 23.3. The molecule has 0 saturated heterocycles. The Bertz CT molecular complexity index is 1260. The molecule has 1 aliphatic carbocycles. The number of phenolic OH excluding ortho intramolecular Hbond substituents is 1. The number of carbonyl (C=O) groups excluding carboxylic acids is 2. The zero-order valence-corrected chi connectivity index (χ0v) is 24.2. The van der Waals surface area contributed by atoms with Gasteiger partial charge in [0.2, 0.25) is 12.3 Å². The van der Waals surface area contributed by atoms with E-state index in [0.29, 0.717) is 42.9 Å². The van der Waals surface area contributed by atoms with Crippen molar-refractivity contribution in [3.8, 4) is 5.75 Å². The van der Waals surface area contributed by atoms with Gasteiger partial charge in [0.25, 0.3) is 0 Å². The van der Waals surface area contributed by atoms with E-state index in [-0.39, 0.29) is 22.6 Å². The SMILES string of the molecule is C=CC(=O)N(CCN(C=O)CCc1ccc(O)c2[nH]c(=O)sc12)C1CCCCCCC1.COCc1ccccc1. The number of aromatic hydroxyl groups is 1. The third kappa shape index (κ3) is 9.34. The van der Waals surface area contributed by atoms with Gasteiger partial charge in [-0.3, -0.25) is 14.4 Å². The van der Waals surface area contributed by atoms with E-state index < -0.39 is 0 Å². The summed E-state index contributed by atoms with van der Waals surface area (Å²) in [5, 5.41) is 9.94. The van der Waals surface area contributed by atoms with Gasteiger partial charge in [-0.2, -0.15) is 0 Å². The van der Waals surface area contributed by atoms with Crippen molar-refractivity contribution in [3.63, 3.8) is 0 Å². The van der Waals surface area contributed by atoms with Gasteiger partial charge >= 0.3 is 4.87 Å². The number of fused-ring (bicyclic) bond motifs is 1. The molecule has 1 aromatic heterocycles. The highest BCUT2D eigenvalue weighted by Crippen LogP contribution is 2.28. The minimum atomic E-state index is -0.220. The highest BCUT2D eigenvalue weighted by atomic mass is 32.1. The average molecular weight is 568 g/mol. The fraction of sp³-hybridized carbons (Fsp3) is 0.452. The highest BCUT2D eigenvalue weighted by molar-refractivity contribution is 7.16. The van der Waals surface area contributed by atoms with Gasteiger partial charge in [0.05, 0.1) is 11.3 Å². The van der Waals surface area contributed by atoms with E-state index in [9.17, 15) is 19.5 Å². The Morgan fingerprint density at radius 3 is 2.42 bits per heavy atom. The third-order valence-electron chi connectivity index (χ3n) is 7.21. The maximum Gasteiger partial charge on any atom is 0.305 e. The predicted octanol–water partition coefficient (Wildman–Crippen LogP) is 5.26. The number of thiazole rings is 1. The van der Waals surface area contributed by atoms with E-state index in [2.05, 4.69) is 11.6 Å². The average Bonchev–Trinajstić information content (AvgIpc) is 3.35. The summed E-state index contributed by atoms with van der Waals surface area (Å²) in [7, 11) is 1.70. The molecule has 0 atom stereocenters. The number of hydrogen-bond donors (Lipinski definition) is 2. The van der Waals surface area contributed by atoms with Crippen molar-refractivity contribution in [3.05, 3.63) is 75.9 Å². The Morgan fingerprint density at radius 2 is 1.77 bits per heavy atom. The maximum absolute atomic E-state index is 12.5. The van der Waals surface area contributed by atoms with E-state index >= 15 is 0 Å². The lowest BCUT2D eigenvalue weighted by Gasteiger charge is -2.33. The van der Waals surface area contributed by atoms with Gasteiger partial charge < -0.3 is 24.6 Å². The molecule has 4 rings (SSSR count). The molecule has 1 saturated carbocycles. The molecule has 40 heavy (non-hydrogen) atoms. The molecule has 3 aromatic rings. The number of nitrogens with one attached hydrogen (secondary N) is 1. The lowest BCUT2D eigenvalue weighted by molar-refractivity contribution is -0.130. The molecule has 216 valence electrons. The minimum Gasteiger partial charge on any atom is -0.506 e. The van der Waals surface area contributed by atoms with Crippen molar-refractivity contribution in [2.24, 2.45) is 0 Å². The van der Waals surface area contributed by atoms with Crippen LogP contribution in [0.2, 0.25) is 0 Å². The normalized spacial score (nSPS) is 13.9. The number of ether oxygens (including phenoxy) is 1. The van der Waals surface area contributed by atoms with E-state index in [4.69, 9.17) is 4.74 Å². The lowest BCUT2D eigenvalue weighted by Crippen LogP contribution is -2.44. The Morgan fingerprint density at radius 1 is 1.07 bits per heavy atom. The van der Waals surface area contributed by atoms with Crippen molar-refractivity contribution in [2.45, 2.75) is 64.0 Å². The first-order valence-electron chi connectivity index (χ1n) is 14.0. The van der Waals surface area contributed by atoms with Crippen molar-refractivity contribution in [1.29, 1.82) is 0 Å². The number of H-pyrrole nitrogens is 1. The number of rotatable bonds is 11. The van der Waals surface area contributed by atoms with Crippen molar-refractivity contribution < 1.29 is 19.4 Å². The molecule has 0 radical (unpaired) electrons. The summed E-state index contributed by atoms with van der Waals surface area (Å²) in [5.41, 5.74) is 2.57. The van der Waals surface area contributed by atoms with E-state index in [1.807, 2.05) is 35.2 Å². The minimum absolute atomic E-state index is 0.0436. The number of nitrogens with zero attached hydrogens (tertiary/aromatic N) is 2. The standard InChI is InChI=1S/C23H31N3O4S.C8H10O/c1-2-20(29)26(18-8-6-4-3-5-7-9-18)15-14-25(16-27)13-12-17-10-11-19(28)21-22(17)31-23(30)24-21;1-9-7-8-5-3-2-4-6-8/h2,10-11,16,18,28H,1,3-9,12-15H2,(H,24,30);2-6H,7H2,1H3. The van der Waals surface area contributed by atoms with Crippen LogP contribution in [0.1, 0.15) is 56.1 Å². The molecule has 1 fully saturated rings. The van der Waals surface area contributed by atoms with Gasteiger partial charge in [0.15, 0.2) is 0 Å². The van der Waals surface area contributed by atoms with Crippen LogP contribution < -0.4 is 4.87 Å². The van der Waals surface area contributed by atoms with E-state index in [1.54, 1.807) is 24.1 Å². The van der Waals surface area contributed by atoms with Gasteiger partial charge in [0.1, 0.15) is 11.3 Å². The molecule has 0 unspecified atom stereocenters. The van der Waals surface area contributed by atoms with Gasteiger partial charge in [-0.1, -0.05) is 86.4 Å². The molecule has 0 spiro atoms. The largest absolute Gasteiger partial charge is 0.506 e. The van der Waals surface area contributed by atoms with Gasteiger partial charge in [-0.25, -0.2) is 0 Å². The van der Waals surface area contributed by atoms with Crippen LogP contribution in [0, 0.1) is 0 Å². The second-order valence-corrected chi connectivity index (χ2v) is 11.0. The molecule has 8 nitrogen and oxygen atoms in total. The van der Waals surface area contributed by atoms with Crippen LogP contribution >= 0.6 is 11.3 Å². The number of benzene rings is 2. The molecule has 1 heterocycles. The Labute approximate surface area is 240 Å². The second-order valence-electron chi connectivity index (χ2n) is 10.0. The number of hydrogen-bond acceptors (Lipinski definition) is 6. The van der Waals surface area contributed by atoms with Crippen LogP contribution in [0.5, 0.6) is 5.75 Å². The van der Waals surface area contributed by atoms with Crippen molar-refractivity contribution in [2.75, 3.05) is 26.7 Å². The molecular formula is C31H41N3O5S. The zero-order chi connectivity index (χ0) is 28.7. The molecular weight excluding hydrogens is 526 g/mol. The molecule has 0 aliphatic heterocycles. The van der Waals surface area contributed by atoms with Crippen LogP contribution in [0.4, 0.5) is 0 Å². The number of amides is 2. The van der Waals surface area contributed by atoms with E-state index in [1.165, 1.54) is 30.9 Å². The summed E-state index contributed by atoms with van der Waals surface area (Å²) in [6.07, 6.45) is 10.7. The molecule has 2 aromatic carbocycles. The van der Waals surface area contributed by atoms with Crippen LogP contribution in [-0.2, 0) is 27.4 Å². The Balaban J connectivity index is 0.000000415. The van der Waals surface area contributed by atoms with Crippen LogP contribution in [0.3, 0.4) is 0 Å². The van der Waals surface area contributed by atoms with Gasteiger partial charge in [-0.05, 0) is 42.5 Å². The molecule has 0 bridgehead atoms. The number of aromatic nitrogens is 1. The van der Waals surface area contributed by atoms with Crippen LogP contribution in [-0.4, -0.2) is 65.0 Å². The quantitative estimate of drug-likeness (QED) is 0.243. The lowest BCUT2D eigenvalue weighted by atomic mass is 9.95. The summed E-state index contributed by atoms with van der Waals surface area (Å²) in [6, 6.07) is 13.7. The monoisotopic (exact) mass is 567 g/mol. The first-order valence-corrected chi connectivity index (χ1v) is 14.8. The van der Waals surface area contributed by atoms with E-state index in [0.717, 1.165) is 49.0 Å². The first-order chi connectivity index (χ1) is 19.5. The summed E-state index contributed by atoms with van der Waals surface area (Å²) in [6.45, 7) is 5.77. The topological polar surface area (TPSA) is 103 Å². The summed E-state index contributed by atoms with van der Waals surface area (Å²) in [4.78, 5) is 41.9. The number of methoxy groups -OCH3 is 1. The summed E-state index contributed by atoms with van der Waals surface area (Å²) >= 11 is 1.06. The first kappa shape index (κ1) is 31.1. The molecule has 2 amide bonds. The third-order valence-corrected chi connectivity index (χ3v) is 8.17. The van der Waals surface area contributed by atoms with Gasteiger partial charge in [-0.15, -0.1) is 0 Å². The molecule has 9 heteroatoms. The maximum atomic E-state index is 12.5. The van der Waals surface area contributed by atoms with Gasteiger partial charge in [0, 0.05) is 32.8 Å². The molecule has 2 N–H and O–H groups in total. The molecule has 1 aliphatic rings. The summed E-state index contributed by atoms with van der Waals surface area (Å²) < 4.78 is 5.64. The Hall–Kier alpha value is -3.43. The van der Waals surface area contributed by atoms with Crippen molar-refractivity contribution >= 4 is 33.9 Å².